The molecule has 0 aliphatic carbocycles. The van der Waals surface area contributed by atoms with Crippen molar-refractivity contribution in [2.24, 2.45) is 0 Å². The Balaban J connectivity index is 1.58. The second kappa shape index (κ2) is 6.60. The molecule has 1 saturated heterocycles. The summed E-state index contributed by atoms with van der Waals surface area (Å²) in [5.74, 6) is 1.10. The summed E-state index contributed by atoms with van der Waals surface area (Å²) in [5.41, 5.74) is 0.770. The number of furan rings is 1. The van der Waals surface area contributed by atoms with Crippen LogP contribution in [0.25, 0.3) is 11.3 Å². The maximum Gasteiger partial charge on any atom is 0.141 e. The minimum atomic E-state index is -0.426. The summed E-state index contributed by atoms with van der Waals surface area (Å²) in [7, 11) is 0. The van der Waals surface area contributed by atoms with E-state index in [0.717, 1.165) is 37.3 Å². The summed E-state index contributed by atoms with van der Waals surface area (Å²) in [5, 5.41) is 3.42. The molecule has 0 radical (unpaired) electrons. The third-order valence-corrected chi connectivity index (χ3v) is 3.85. The molecule has 2 aromatic rings. The standard InChI is InChI=1S/C16H17ClFNO2/c17-14-8-11(3-5-15(14)18)16-6-4-13(21-16)10-19-9-12-2-1-7-20-12/h3-6,8,12,19H,1-2,7,9-10H2/t12-/m0/s1. The number of halogens is 2. The van der Waals surface area contributed by atoms with Gasteiger partial charge in [0.15, 0.2) is 0 Å². The van der Waals surface area contributed by atoms with Crippen LogP contribution >= 0.6 is 11.6 Å². The van der Waals surface area contributed by atoms with Crippen LogP contribution in [0.15, 0.2) is 34.7 Å². The van der Waals surface area contributed by atoms with Gasteiger partial charge in [0.2, 0.25) is 0 Å². The molecular weight excluding hydrogens is 293 g/mol. The van der Waals surface area contributed by atoms with E-state index in [1.54, 1.807) is 12.1 Å². The van der Waals surface area contributed by atoms with Gasteiger partial charge in [-0.1, -0.05) is 11.6 Å². The van der Waals surface area contributed by atoms with E-state index < -0.39 is 5.82 Å². The van der Waals surface area contributed by atoms with Gasteiger partial charge in [-0.15, -0.1) is 0 Å². The Kier molecular flexibility index (Phi) is 4.58. The first-order valence-electron chi connectivity index (χ1n) is 7.09. The van der Waals surface area contributed by atoms with Crippen molar-refractivity contribution in [1.29, 1.82) is 0 Å². The van der Waals surface area contributed by atoms with Crippen LogP contribution in [0.2, 0.25) is 5.02 Å². The van der Waals surface area contributed by atoms with Crippen molar-refractivity contribution in [3.8, 4) is 11.3 Å². The normalized spacial score (nSPS) is 18.3. The molecule has 0 amide bonds. The van der Waals surface area contributed by atoms with Crippen molar-refractivity contribution in [2.45, 2.75) is 25.5 Å². The van der Waals surface area contributed by atoms with E-state index in [0.29, 0.717) is 18.4 Å². The van der Waals surface area contributed by atoms with Gasteiger partial charge in [-0.3, -0.25) is 0 Å². The molecule has 1 aliphatic heterocycles. The van der Waals surface area contributed by atoms with Crippen molar-refractivity contribution in [3.05, 3.63) is 46.9 Å². The number of rotatable bonds is 5. The first-order valence-corrected chi connectivity index (χ1v) is 7.46. The van der Waals surface area contributed by atoms with Crippen molar-refractivity contribution in [2.75, 3.05) is 13.2 Å². The fourth-order valence-electron chi connectivity index (χ4n) is 2.44. The minimum Gasteiger partial charge on any atom is -0.460 e. The summed E-state index contributed by atoms with van der Waals surface area (Å²) in [6.07, 6.45) is 2.57. The second-order valence-corrected chi connectivity index (χ2v) is 5.57. The van der Waals surface area contributed by atoms with E-state index in [9.17, 15) is 4.39 Å². The predicted octanol–water partition coefficient (Wildman–Crippen LogP) is 4.01. The lowest BCUT2D eigenvalue weighted by atomic mass is 10.2. The fraction of sp³-hybridized carbons (Fsp3) is 0.375. The lowest BCUT2D eigenvalue weighted by molar-refractivity contribution is 0.109. The zero-order chi connectivity index (χ0) is 14.7. The first-order chi connectivity index (χ1) is 10.2. The summed E-state index contributed by atoms with van der Waals surface area (Å²) < 4.78 is 24.4. The van der Waals surface area contributed by atoms with Gasteiger partial charge in [-0.05, 0) is 43.2 Å². The quantitative estimate of drug-likeness (QED) is 0.906. The van der Waals surface area contributed by atoms with E-state index in [4.69, 9.17) is 20.8 Å². The number of hydrogen-bond acceptors (Lipinski definition) is 3. The lowest BCUT2D eigenvalue weighted by Gasteiger charge is -2.09. The number of nitrogens with one attached hydrogen (secondary N) is 1. The molecule has 3 rings (SSSR count). The fourth-order valence-corrected chi connectivity index (χ4v) is 2.62. The van der Waals surface area contributed by atoms with Crippen LogP contribution in [-0.2, 0) is 11.3 Å². The Morgan fingerprint density at radius 2 is 2.19 bits per heavy atom. The molecule has 0 saturated carbocycles. The molecule has 21 heavy (non-hydrogen) atoms. The van der Waals surface area contributed by atoms with Crippen molar-refractivity contribution >= 4 is 11.6 Å². The summed E-state index contributed by atoms with van der Waals surface area (Å²) in [6.45, 7) is 2.34. The Hall–Kier alpha value is -1.36. The molecule has 0 spiro atoms. The molecule has 5 heteroatoms. The predicted molar refractivity (Wildman–Crippen MR) is 79.8 cm³/mol. The highest BCUT2D eigenvalue weighted by atomic mass is 35.5. The van der Waals surface area contributed by atoms with Crippen LogP contribution in [0.4, 0.5) is 4.39 Å². The van der Waals surface area contributed by atoms with E-state index in [2.05, 4.69) is 5.32 Å². The molecule has 3 nitrogen and oxygen atoms in total. The van der Waals surface area contributed by atoms with Crippen molar-refractivity contribution < 1.29 is 13.5 Å². The second-order valence-electron chi connectivity index (χ2n) is 5.16. The van der Waals surface area contributed by atoms with E-state index in [-0.39, 0.29) is 5.02 Å². The van der Waals surface area contributed by atoms with Gasteiger partial charge in [-0.25, -0.2) is 4.39 Å². The Labute approximate surface area is 128 Å². The Morgan fingerprint density at radius 3 is 2.95 bits per heavy atom. The summed E-state index contributed by atoms with van der Waals surface area (Å²) >= 11 is 5.78. The highest BCUT2D eigenvalue weighted by molar-refractivity contribution is 6.31. The molecule has 1 aromatic carbocycles. The highest BCUT2D eigenvalue weighted by Gasteiger charge is 2.15. The average Bonchev–Trinajstić information content (AvgIpc) is 3.13. The van der Waals surface area contributed by atoms with Crippen LogP contribution in [-0.4, -0.2) is 19.3 Å². The molecule has 2 heterocycles. The Morgan fingerprint density at radius 1 is 1.29 bits per heavy atom. The van der Waals surface area contributed by atoms with Crippen LogP contribution in [0, 0.1) is 5.82 Å². The van der Waals surface area contributed by atoms with Crippen LogP contribution in [0.3, 0.4) is 0 Å². The van der Waals surface area contributed by atoms with Crippen molar-refractivity contribution in [1.82, 2.24) is 5.32 Å². The maximum absolute atomic E-state index is 13.1. The van der Waals surface area contributed by atoms with E-state index >= 15 is 0 Å². The molecule has 1 aliphatic rings. The molecule has 112 valence electrons. The summed E-state index contributed by atoms with van der Waals surface area (Å²) in [6, 6.07) is 8.35. The molecule has 1 fully saturated rings. The van der Waals surface area contributed by atoms with Crippen LogP contribution in [0.1, 0.15) is 18.6 Å². The number of ether oxygens (including phenoxy) is 1. The van der Waals surface area contributed by atoms with Crippen LogP contribution in [0.5, 0.6) is 0 Å². The monoisotopic (exact) mass is 309 g/mol. The van der Waals surface area contributed by atoms with Gasteiger partial charge in [0.1, 0.15) is 17.3 Å². The van der Waals surface area contributed by atoms with E-state index in [1.807, 2.05) is 12.1 Å². The molecular formula is C16H17ClFNO2. The molecule has 0 bridgehead atoms. The highest BCUT2D eigenvalue weighted by Crippen LogP contribution is 2.26. The summed E-state index contributed by atoms with van der Waals surface area (Å²) in [4.78, 5) is 0. The number of hydrogen-bond donors (Lipinski definition) is 1. The topological polar surface area (TPSA) is 34.4 Å². The third kappa shape index (κ3) is 3.64. The van der Waals surface area contributed by atoms with Crippen molar-refractivity contribution in [3.63, 3.8) is 0 Å². The SMILES string of the molecule is Fc1ccc(-c2ccc(CNC[C@@H]3CCCO3)o2)cc1Cl. The van der Waals surface area contributed by atoms with E-state index in [1.165, 1.54) is 6.07 Å². The lowest BCUT2D eigenvalue weighted by Crippen LogP contribution is -2.25. The average molecular weight is 310 g/mol. The molecule has 1 N–H and O–H groups in total. The molecule has 1 atom stereocenters. The maximum atomic E-state index is 13.1. The molecule has 1 aromatic heterocycles. The Bertz CT molecular complexity index is 608. The van der Waals surface area contributed by atoms with Crippen LogP contribution < -0.4 is 5.32 Å². The largest absolute Gasteiger partial charge is 0.460 e. The zero-order valence-electron chi connectivity index (χ0n) is 11.6. The van der Waals surface area contributed by atoms with Gasteiger partial charge in [0.05, 0.1) is 17.7 Å². The zero-order valence-corrected chi connectivity index (χ0v) is 12.3. The molecule has 0 unspecified atom stereocenters. The van der Waals surface area contributed by atoms with Gasteiger partial charge >= 0.3 is 0 Å². The number of benzene rings is 1. The van der Waals surface area contributed by atoms with Gasteiger partial charge in [0.25, 0.3) is 0 Å². The van der Waals surface area contributed by atoms with Gasteiger partial charge < -0.3 is 14.5 Å². The van der Waals surface area contributed by atoms with Gasteiger partial charge in [0, 0.05) is 18.7 Å². The third-order valence-electron chi connectivity index (χ3n) is 3.56. The van der Waals surface area contributed by atoms with Gasteiger partial charge in [-0.2, -0.15) is 0 Å². The first kappa shape index (κ1) is 14.6. The minimum absolute atomic E-state index is 0.0990. The smallest absolute Gasteiger partial charge is 0.141 e.